The maximum atomic E-state index is 11.7. The smallest absolute Gasteiger partial charge is 0.275 e. The van der Waals surface area contributed by atoms with Crippen LogP contribution in [0.15, 0.2) is 52.0 Å². The molecule has 2 aromatic rings. The molecule has 102 valence electrons. The van der Waals surface area contributed by atoms with Crippen LogP contribution in [0.5, 0.6) is 11.5 Å². The average Bonchev–Trinajstić information content (AvgIpc) is 2.41. The van der Waals surface area contributed by atoms with Gasteiger partial charge in [-0.3, -0.25) is 4.79 Å². The summed E-state index contributed by atoms with van der Waals surface area (Å²) in [4.78, 5) is 11.7. The highest BCUT2D eigenvalue weighted by molar-refractivity contribution is 9.10. The molecule has 20 heavy (non-hydrogen) atoms. The van der Waals surface area contributed by atoms with Crippen LogP contribution < -0.4 is 5.43 Å². The molecule has 0 unspecified atom stereocenters. The Balaban J connectivity index is 2.03. The zero-order valence-electron chi connectivity index (χ0n) is 10.2. The Labute approximate surface area is 123 Å². The second-order valence-corrected chi connectivity index (χ2v) is 4.87. The van der Waals surface area contributed by atoms with Crippen LogP contribution in [0.4, 0.5) is 0 Å². The lowest BCUT2D eigenvalue weighted by Gasteiger charge is -2.03. The minimum atomic E-state index is -0.559. The second kappa shape index (κ2) is 6.21. The summed E-state index contributed by atoms with van der Waals surface area (Å²) in [6, 6.07) is 11.1. The summed E-state index contributed by atoms with van der Waals surface area (Å²) < 4.78 is 0.952. The van der Waals surface area contributed by atoms with E-state index in [4.69, 9.17) is 5.11 Å². The van der Waals surface area contributed by atoms with Crippen LogP contribution in [0.1, 0.15) is 15.9 Å². The maximum Gasteiger partial charge on any atom is 0.275 e. The molecule has 2 aromatic carbocycles. The van der Waals surface area contributed by atoms with Crippen molar-refractivity contribution in [3.8, 4) is 11.5 Å². The number of hydrazone groups is 1. The molecular weight excluding hydrogens is 324 g/mol. The number of hydrogen-bond donors (Lipinski definition) is 3. The van der Waals surface area contributed by atoms with Crippen molar-refractivity contribution in [2.45, 2.75) is 0 Å². The molecule has 0 bridgehead atoms. The van der Waals surface area contributed by atoms with Gasteiger partial charge in [0.1, 0.15) is 11.5 Å². The first-order chi connectivity index (χ1) is 9.56. The standard InChI is InChI=1S/C14H11BrN2O3/c15-10-3-1-9(2-4-10)8-16-17-14(20)12-6-5-11(18)7-13(12)19/h1-8,18-19H,(H,17,20)/b16-8+. The number of nitrogens with one attached hydrogen (secondary N) is 1. The Kier molecular flexibility index (Phi) is 4.37. The Morgan fingerprint density at radius 3 is 2.50 bits per heavy atom. The van der Waals surface area contributed by atoms with E-state index < -0.39 is 5.91 Å². The Bertz CT molecular complexity index is 654. The van der Waals surface area contributed by atoms with E-state index in [1.54, 1.807) is 0 Å². The molecule has 1 amide bonds. The van der Waals surface area contributed by atoms with Gasteiger partial charge in [-0.15, -0.1) is 0 Å². The molecule has 5 nitrogen and oxygen atoms in total. The van der Waals surface area contributed by atoms with Gasteiger partial charge in [-0.25, -0.2) is 5.43 Å². The van der Waals surface area contributed by atoms with Crippen molar-refractivity contribution in [1.82, 2.24) is 5.43 Å². The zero-order valence-corrected chi connectivity index (χ0v) is 11.8. The van der Waals surface area contributed by atoms with Gasteiger partial charge in [-0.1, -0.05) is 28.1 Å². The number of carbonyl (C=O) groups excluding carboxylic acids is 1. The molecule has 3 N–H and O–H groups in total. The predicted molar refractivity (Wildman–Crippen MR) is 79.0 cm³/mol. The second-order valence-electron chi connectivity index (χ2n) is 3.95. The van der Waals surface area contributed by atoms with E-state index in [1.165, 1.54) is 18.3 Å². The van der Waals surface area contributed by atoms with Crippen molar-refractivity contribution >= 4 is 28.1 Å². The van der Waals surface area contributed by atoms with Gasteiger partial charge in [-0.2, -0.15) is 5.10 Å². The maximum absolute atomic E-state index is 11.7. The van der Waals surface area contributed by atoms with Crippen molar-refractivity contribution in [3.63, 3.8) is 0 Å². The molecule has 6 heteroatoms. The topological polar surface area (TPSA) is 81.9 Å². The predicted octanol–water partition coefficient (Wildman–Crippen LogP) is 2.62. The molecule has 0 radical (unpaired) electrons. The van der Waals surface area contributed by atoms with Crippen LogP contribution in [0.2, 0.25) is 0 Å². The van der Waals surface area contributed by atoms with E-state index in [-0.39, 0.29) is 17.1 Å². The van der Waals surface area contributed by atoms with E-state index >= 15 is 0 Å². The third-order valence-corrected chi connectivity index (χ3v) is 3.00. The van der Waals surface area contributed by atoms with Gasteiger partial charge in [-0.05, 0) is 29.8 Å². The number of aromatic hydroxyl groups is 2. The molecule has 0 saturated heterocycles. The molecule has 0 aliphatic heterocycles. The van der Waals surface area contributed by atoms with E-state index in [2.05, 4.69) is 26.5 Å². The van der Waals surface area contributed by atoms with Gasteiger partial charge in [0.25, 0.3) is 5.91 Å². The summed E-state index contributed by atoms with van der Waals surface area (Å²) >= 11 is 3.32. The number of phenolic OH excluding ortho intramolecular Hbond substituents is 2. The largest absolute Gasteiger partial charge is 0.508 e. The normalized spacial score (nSPS) is 10.7. The Hall–Kier alpha value is -2.34. The first-order valence-electron chi connectivity index (χ1n) is 5.67. The molecule has 2 rings (SSSR count). The SMILES string of the molecule is O=C(N/N=C/c1ccc(Br)cc1)c1ccc(O)cc1O. The molecule has 0 atom stereocenters. The lowest BCUT2D eigenvalue weighted by atomic mass is 10.2. The van der Waals surface area contributed by atoms with E-state index in [1.807, 2.05) is 24.3 Å². The minimum absolute atomic E-state index is 0.0377. The fraction of sp³-hybridized carbons (Fsp3) is 0. The van der Waals surface area contributed by atoms with Crippen LogP contribution >= 0.6 is 15.9 Å². The van der Waals surface area contributed by atoms with Crippen molar-refractivity contribution in [2.75, 3.05) is 0 Å². The third kappa shape index (κ3) is 3.58. The van der Waals surface area contributed by atoms with Gasteiger partial charge in [0, 0.05) is 10.5 Å². The zero-order chi connectivity index (χ0) is 14.5. The van der Waals surface area contributed by atoms with Crippen LogP contribution in [-0.2, 0) is 0 Å². The number of hydrogen-bond acceptors (Lipinski definition) is 4. The van der Waals surface area contributed by atoms with E-state index in [0.717, 1.165) is 16.1 Å². The molecule has 0 saturated carbocycles. The van der Waals surface area contributed by atoms with E-state index in [0.29, 0.717) is 0 Å². The highest BCUT2D eigenvalue weighted by Crippen LogP contribution is 2.22. The van der Waals surface area contributed by atoms with E-state index in [9.17, 15) is 9.90 Å². The number of halogens is 1. The number of nitrogens with zero attached hydrogens (tertiary/aromatic N) is 1. The molecule has 0 spiro atoms. The summed E-state index contributed by atoms with van der Waals surface area (Å²) in [7, 11) is 0. The lowest BCUT2D eigenvalue weighted by molar-refractivity contribution is 0.0952. The summed E-state index contributed by atoms with van der Waals surface area (Å²) in [6.45, 7) is 0. The third-order valence-electron chi connectivity index (χ3n) is 2.48. The molecule has 0 aliphatic rings. The van der Waals surface area contributed by atoms with Crippen molar-refractivity contribution in [2.24, 2.45) is 5.10 Å². The number of amides is 1. The van der Waals surface area contributed by atoms with Gasteiger partial charge in [0.15, 0.2) is 0 Å². The number of rotatable bonds is 3. The summed E-state index contributed by atoms with van der Waals surface area (Å²) in [5.41, 5.74) is 3.16. The monoisotopic (exact) mass is 334 g/mol. The first-order valence-corrected chi connectivity index (χ1v) is 6.46. The Morgan fingerprint density at radius 2 is 1.85 bits per heavy atom. The molecule has 0 aliphatic carbocycles. The van der Waals surface area contributed by atoms with Crippen LogP contribution in [0, 0.1) is 0 Å². The number of carbonyl (C=O) groups is 1. The quantitative estimate of drug-likeness (QED) is 0.596. The van der Waals surface area contributed by atoms with Gasteiger partial charge in [0.2, 0.25) is 0 Å². The van der Waals surface area contributed by atoms with Crippen LogP contribution in [0.3, 0.4) is 0 Å². The van der Waals surface area contributed by atoms with Crippen LogP contribution in [0.25, 0.3) is 0 Å². The van der Waals surface area contributed by atoms with Gasteiger partial charge >= 0.3 is 0 Å². The molecule has 0 aromatic heterocycles. The fourth-order valence-corrected chi connectivity index (χ4v) is 1.75. The Morgan fingerprint density at radius 1 is 1.15 bits per heavy atom. The summed E-state index contributed by atoms with van der Waals surface area (Å²) in [6.07, 6.45) is 1.49. The average molecular weight is 335 g/mol. The first kappa shape index (κ1) is 14.1. The highest BCUT2D eigenvalue weighted by Gasteiger charge is 2.10. The molecular formula is C14H11BrN2O3. The van der Waals surface area contributed by atoms with Gasteiger partial charge in [0.05, 0.1) is 11.8 Å². The van der Waals surface area contributed by atoms with Gasteiger partial charge < -0.3 is 10.2 Å². The number of phenols is 2. The lowest BCUT2D eigenvalue weighted by Crippen LogP contribution is -2.17. The highest BCUT2D eigenvalue weighted by atomic mass is 79.9. The summed E-state index contributed by atoms with van der Waals surface area (Å²) in [5, 5.41) is 22.5. The summed E-state index contributed by atoms with van der Waals surface area (Å²) in [5.74, 6) is -0.977. The minimum Gasteiger partial charge on any atom is -0.508 e. The fourth-order valence-electron chi connectivity index (χ4n) is 1.49. The van der Waals surface area contributed by atoms with Crippen molar-refractivity contribution in [1.29, 1.82) is 0 Å². The van der Waals surface area contributed by atoms with Crippen molar-refractivity contribution in [3.05, 3.63) is 58.1 Å². The van der Waals surface area contributed by atoms with Crippen molar-refractivity contribution < 1.29 is 15.0 Å². The van der Waals surface area contributed by atoms with Crippen LogP contribution in [-0.4, -0.2) is 22.3 Å². The molecule has 0 fully saturated rings. The number of benzene rings is 2. The molecule has 0 heterocycles.